The maximum absolute atomic E-state index is 5.16. The maximum atomic E-state index is 5.16. The molecule has 0 bridgehead atoms. The monoisotopic (exact) mass is 272 g/mol. The van der Waals surface area contributed by atoms with Crippen molar-refractivity contribution in [3.05, 3.63) is 19.1 Å². The van der Waals surface area contributed by atoms with Crippen LogP contribution in [0.25, 0.3) is 0 Å². The molecule has 0 aromatic rings. The number of allylic oxidation sites excluding steroid dienone is 1. The Kier molecular flexibility index (Phi) is 29.5. The molecule has 0 N–H and O–H groups in total. The SMILES string of the molecule is [CH2-]CCCCCC/C=C/CCOCOC.[Cl-].[Mg+2]. The number of ether oxygens (including phenoxy) is 2. The Bertz CT molecular complexity index is 143. The van der Waals surface area contributed by atoms with Crippen LogP contribution in [0.1, 0.15) is 44.9 Å². The molecule has 0 rings (SSSR count). The Morgan fingerprint density at radius 3 is 2.29 bits per heavy atom. The van der Waals surface area contributed by atoms with Crippen LogP contribution in [0.2, 0.25) is 0 Å². The summed E-state index contributed by atoms with van der Waals surface area (Å²) in [5.74, 6) is 0. The van der Waals surface area contributed by atoms with Crippen molar-refractivity contribution in [1.29, 1.82) is 0 Å². The van der Waals surface area contributed by atoms with Crippen LogP contribution in [0.15, 0.2) is 12.2 Å². The van der Waals surface area contributed by atoms with Gasteiger partial charge in [-0.1, -0.05) is 31.4 Å². The summed E-state index contributed by atoms with van der Waals surface area (Å²) in [6.45, 7) is 4.99. The van der Waals surface area contributed by atoms with Gasteiger partial charge in [-0.05, 0) is 19.3 Å². The number of hydrogen-bond donors (Lipinski definition) is 0. The molecule has 0 spiro atoms. The van der Waals surface area contributed by atoms with E-state index in [2.05, 4.69) is 19.1 Å². The number of halogens is 1. The Labute approximate surface area is 129 Å². The molecule has 0 aliphatic carbocycles. The number of hydrogen-bond acceptors (Lipinski definition) is 2. The van der Waals surface area contributed by atoms with Crippen LogP contribution in [-0.4, -0.2) is 43.6 Å². The molecule has 0 heterocycles. The molecule has 0 aliphatic rings. The average molecular weight is 273 g/mol. The molecule has 98 valence electrons. The third-order valence-corrected chi connectivity index (χ3v) is 2.17. The van der Waals surface area contributed by atoms with Crippen LogP contribution in [0.5, 0.6) is 0 Å². The van der Waals surface area contributed by atoms with Gasteiger partial charge in [0.25, 0.3) is 0 Å². The summed E-state index contributed by atoms with van der Waals surface area (Å²) >= 11 is 0. The van der Waals surface area contributed by atoms with Crippen molar-refractivity contribution in [1.82, 2.24) is 0 Å². The molecule has 0 saturated heterocycles. The van der Waals surface area contributed by atoms with Crippen LogP contribution in [0.3, 0.4) is 0 Å². The molecule has 0 unspecified atom stereocenters. The number of methoxy groups -OCH3 is 1. The van der Waals surface area contributed by atoms with E-state index in [4.69, 9.17) is 9.47 Å². The molecule has 0 aromatic heterocycles. The van der Waals surface area contributed by atoms with Crippen LogP contribution in [0, 0.1) is 6.92 Å². The van der Waals surface area contributed by atoms with Crippen molar-refractivity contribution >= 4 is 23.1 Å². The molecule has 0 fully saturated rings. The van der Waals surface area contributed by atoms with Crippen molar-refractivity contribution in [2.24, 2.45) is 0 Å². The molecular formula is C13H25ClMgO2. The summed E-state index contributed by atoms with van der Waals surface area (Å²) in [7, 11) is 1.64. The third-order valence-electron chi connectivity index (χ3n) is 2.17. The average Bonchev–Trinajstić information content (AvgIpc) is 2.26. The van der Waals surface area contributed by atoms with Crippen LogP contribution >= 0.6 is 0 Å². The minimum Gasteiger partial charge on any atom is -1.00 e. The second kappa shape index (κ2) is 21.9. The molecule has 0 saturated carbocycles. The molecule has 0 aromatic carbocycles. The van der Waals surface area contributed by atoms with Gasteiger partial charge in [-0.3, -0.25) is 0 Å². The predicted molar refractivity (Wildman–Crippen MR) is 70.4 cm³/mol. The van der Waals surface area contributed by atoms with E-state index >= 15 is 0 Å². The first kappa shape index (κ1) is 22.9. The number of rotatable bonds is 11. The van der Waals surface area contributed by atoms with Gasteiger partial charge in [-0.15, -0.1) is 0 Å². The number of unbranched alkanes of at least 4 members (excludes halogenated alkanes) is 5. The molecule has 0 atom stereocenters. The van der Waals surface area contributed by atoms with Gasteiger partial charge < -0.3 is 28.8 Å². The summed E-state index contributed by atoms with van der Waals surface area (Å²) in [5, 5.41) is 0. The quantitative estimate of drug-likeness (QED) is 0.178. The van der Waals surface area contributed by atoms with Crippen molar-refractivity contribution in [2.45, 2.75) is 44.9 Å². The van der Waals surface area contributed by atoms with Crippen molar-refractivity contribution < 1.29 is 21.9 Å². The topological polar surface area (TPSA) is 18.5 Å². The Hall–Kier alpha value is 0.716. The van der Waals surface area contributed by atoms with E-state index in [1.165, 1.54) is 32.1 Å². The van der Waals surface area contributed by atoms with Gasteiger partial charge in [0, 0.05) is 7.11 Å². The second-order valence-electron chi connectivity index (χ2n) is 3.63. The van der Waals surface area contributed by atoms with Crippen molar-refractivity contribution in [2.75, 3.05) is 20.5 Å². The zero-order valence-corrected chi connectivity index (χ0v) is 13.3. The molecule has 2 nitrogen and oxygen atoms in total. The molecular weight excluding hydrogens is 248 g/mol. The van der Waals surface area contributed by atoms with Gasteiger partial charge in [0.2, 0.25) is 0 Å². The largest absolute Gasteiger partial charge is 2.00 e. The van der Waals surface area contributed by atoms with Gasteiger partial charge in [-0.2, -0.15) is 6.42 Å². The van der Waals surface area contributed by atoms with Gasteiger partial charge in [0.1, 0.15) is 6.79 Å². The fourth-order valence-electron chi connectivity index (χ4n) is 1.32. The minimum atomic E-state index is 0. The summed E-state index contributed by atoms with van der Waals surface area (Å²) in [5.41, 5.74) is 0. The van der Waals surface area contributed by atoms with Crippen molar-refractivity contribution in [3.63, 3.8) is 0 Å². The first-order valence-electron chi connectivity index (χ1n) is 5.92. The Morgan fingerprint density at radius 2 is 1.65 bits per heavy atom. The van der Waals surface area contributed by atoms with Crippen LogP contribution in [-0.2, 0) is 9.47 Å². The third kappa shape index (κ3) is 22.4. The van der Waals surface area contributed by atoms with Gasteiger partial charge >= 0.3 is 23.1 Å². The maximum Gasteiger partial charge on any atom is 2.00 e. The first-order chi connectivity index (χ1) is 7.41. The Balaban J connectivity index is -0.000000980. The fraction of sp³-hybridized carbons (Fsp3) is 0.769. The summed E-state index contributed by atoms with van der Waals surface area (Å²) < 4.78 is 9.94. The first-order valence-corrected chi connectivity index (χ1v) is 5.92. The van der Waals surface area contributed by atoms with E-state index in [0.29, 0.717) is 6.79 Å². The summed E-state index contributed by atoms with van der Waals surface area (Å²) in [6.07, 6.45) is 12.9. The van der Waals surface area contributed by atoms with E-state index in [1.807, 2.05) is 0 Å². The zero-order chi connectivity index (χ0) is 11.2. The van der Waals surface area contributed by atoms with E-state index in [1.54, 1.807) is 7.11 Å². The second-order valence-corrected chi connectivity index (χ2v) is 3.63. The van der Waals surface area contributed by atoms with E-state index < -0.39 is 0 Å². The normalized spacial score (nSPS) is 10.0. The smallest absolute Gasteiger partial charge is 1.00 e. The summed E-state index contributed by atoms with van der Waals surface area (Å²) in [6, 6.07) is 0. The van der Waals surface area contributed by atoms with Gasteiger partial charge in [-0.25, -0.2) is 0 Å². The van der Waals surface area contributed by atoms with E-state index in [0.717, 1.165) is 19.4 Å². The van der Waals surface area contributed by atoms with Crippen LogP contribution in [0.4, 0.5) is 0 Å². The molecule has 17 heavy (non-hydrogen) atoms. The van der Waals surface area contributed by atoms with E-state index in [-0.39, 0.29) is 35.5 Å². The van der Waals surface area contributed by atoms with Crippen LogP contribution < -0.4 is 12.4 Å². The Morgan fingerprint density at radius 1 is 1.00 bits per heavy atom. The molecule has 0 aliphatic heterocycles. The molecule has 0 amide bonds. The molecule has 0 radical (unpaired) electrons. The van der Waals surface area contributed by atoms with Gasteiger partial charge in [0.05, 0.1) is 6.61 Å². The standard InChI is InChI=1S/C13H25O2.ClH.Mg/c1-3-4-5-6-7-8-9-10-11-12-15-13-14-2;;/h9-10H,1,3-8,11-13H2,2H3;1H;/q-1;;+2/p-1/b10-9+;;. The predicted octanol–water partition coefficient (Wildman–Crippen LogP) is 0.351. The minimum absolute atomic E-state index is 0. The summed E-state index contributed by atoms with van der Waals surface area (Å²) in [4.78, 5) is 0. The van der Waals surface area contributed by atoms with E-state index in [9.17, 15) is 0 Å². The fourth-order valence-corrected chi connectivity index (χ4v) is 1.32. The molecule has 4 heteroatoms. The van der Waals surface area contributed by atoms with Crippen molar-refractivity contribution in [3.8, 4) is 0 Å². The zero-order valence-electron chi connectivity index (χ0n) is 11.1. The van der Waals surface area contributed by atoms with Gasteiger partial charge in [0.15, 0.2) is 0 Å².